The minimum Gasteiger partial charge on any atom is -0.481 e. The Morgan fingerprint density at radius 2 is 1.58 bits per heavy atom. The van der Waals surface area contributed by atoms with Gasteiger partial charge in [-0.1, -0.05) is 6.42 Å². The summed E-state index contributed by atoms with van der Waals surface area (Å²) in [5, 5.41) is 8.71. The predicted molar refractivity (Wildman–Crippen MR) is 105 cm³/mol. The molecule has 1 heterocycles. The van der Waals surface area contributed by atoms with E-state index in [9.17, 15) is 30.8 Å². The van der Waals surface area contributed by atoms with Crippen LogP contribution in [-0.4, -0.2) is 46.6 Å². The molecule has 6 nitrogen and oxygen atoms in total. The fourth-order valence-corrected chi connectivity index (χ4v) is 4.66. The zero-order valence-electron chi connectivity index (χ0n) is 17.4. The molecule has 0 saturated heterocycles. The molecule has 0 aromatic heterocycles. The van der Waals surface area contributed by atoms with Crippen LogP contribution in [0.2, 0.25) is 0 Å². The van der Waals surface area contributed by atoms with Crippen LogP contribution in [0.5, 0.6) is 0 Å². The highest BCUT2D eigenvalue weighted by Crippen LogP contribution is 2.47. The van der Waals surface area contributed by atoms with Crippen molar-refractivity contribution in [2.45, 2.75) is 64.2 Å². The van der Waals surface area contributed by atoms with Gasteiger partial charge >= 0.3 is 5.97 Å². The van der Waals surface area contributed by atoms with Crippen LogP contribution in [0.15, 0.2) is 0 Å². The van der Waals surface area contributed by atoms with Gasteiger partial charge in [0, 0.05) is 19.8 Å². The third kappa shape index (κ3) is 5.43. The van der Waals surface area contributed by atoms with E-state index in [2.05, 4.69) is 0 Å². The number of aliphatic carboxylic acids is 1. The van der Waals surface area contributed by atoms with E-state index in [1.807, 2.05) is 0 Å². The minimum absolute atomic E-state index is 0.0341. The fraction of sp³-hybridized carbons (Fsp3) is 0.600. The molecule has 1 aliphatic heterocycles. The molecule has 0 radical (unpaired) electrons. The zero-order valence-corrected chi connectivity index (χ0v) is 18.2. The Hall–Kier alpha value is -2.01. The molecule has 31 heavy (non-hydrogen) atoms. The number of nitrogens with zero attached hydrogens (tertiary/aromatic N) is 1. The van der Waals surface area contributed by atoms with Gasteiger partial charge in [0.05, 0.1) is 16.7 Å². The summed E-state index contributed by atoms with van der Waals surface area (Å²) in [5.74, 6) is -8.25. The van der Waals surface area contributed by atoms with Crippen molar-refractivity contribution in [3.8, 4) is 0 Å². The lowest BCUT2D eigenvalue weighted by atomic mass is 9.75. The molecule has 1 unspecified atom stereocenters. The van der Waals surface area contributed by atoms with Crippen molar-refractivity contribution in [1.82, 2.24) is 0 Å². The van der Waals surface area contributed by atoms with Crippen LogP contribution in [0.4, 0.5) is 23.2 Å². The molecule has 0 amide bonds. The van der Waals surface area contributed by atoms with E-state index in [4.69, 9.17) is 9.66 Å². The van der Waals surface area contributed by atoms with Crippen LogP contribution in [0.1, 0.15) is 64.4 Å². The van der Waals surface area contributed by atoms with Crippen molar-refractivity contribution in [3.63, 3.8) is 0 Å². The molecule has 0 fully saturated rings. The predicted octanol–water partition coefficient (Wildman–Crippen LogP) is 4.32. The average molecular weight is 468 g/mol. The number of unbranched alkanes of at least 4 members (excludes halogenated alkanes) is 3. The highest BCUT2D eigenvalue weighted by molar-refractivity contribution is 7.85. The standard InChI is InChI=1S/C20H25F4NO5S/c1-12-20(2,9-5-7-11-31(28,29)30)14-15(21)16(22)17(23)18(24)19(14)25(12)10-6-3-4-8-13(26)27/h3-11H2,1-2H3,(H-,26,27,28,29,30)/p+1. The molecule has 0 spiro atoms. The van der Waals surface area contributed by atoms with Gasteiger partial charge < -0.3 is 5.11 Å². The first-order valence-corrected chi connectivity index (χ1v) is 11.6. The van der Waals surface area contributed by atoms with E-state index in [0.29, 0.717) is 25.0 Å². The summed E-state index contributed by atoms with van der Waals surface area (Å²) in [4.78, 5) is 10.6. The number of halogens is 4. The van der Waals surface area contributed by atoms with Gasteiger partial charge in [0.2, 0.25) is 11.6 Å². The van der Waals surface area contributed by atoms with E-state index in [0.717, 1.165) is 0 Å². The van der Waals surface area contributed by atoms with Gasteiger partial charge in [0.15, 0.2) is 17.3 Å². The summed E-state index contributed by atoms with van der Waals surface area (Å²) in [6.07, 6.45) is 1.65. The maximum atomic E-state index is 14.8. The van der Waals surface area contributed by atoms with Gasteiger partial charge in [-0.2, -0.15) is 17.4 Å². The Morgan fingerprint density at radius 3 is 2.16 bits per heavy atom. The Kier molecular flexibility index (Phi) is 7.85. The molecule has 0 bridgehead atoms. The molecule has 1 aliphatic rings. The van der Waals surface area contributed by atoms with Crippen molar-refractivity contribution < 1.29 is 45.0 Å². The molecule has 11 heteroatoms. The Bertz CT molecular complexity index is 1010. The maximum Gasteiger partial charge on any atom is 0.303 e. The Labute approximate surface area is 178 Å². The SMILES string of the molecule is CC1=[N+](CCCCCC(=O)O)c2c(F)c(F)c(F)c(F)c2C1(C)CCCCS(=O)(=O)O. The molecule has 1 aromatic rings. The summed E-state index contributed by atoms with van der Waals surface area (Å²) in [5.41, 5.74) is -1.46. The van der Waals surface area contributed by atoms with Crippen molar-refractivity contribution in [2.75, 3.05) is 12.3 Å². The van der Waals surface area contributed by atoms with Crippen LogP contribution < -0.4 is 0 Å². The number of fused-ring (bicyclic) bond motifs is 1. The van der Waals surface area contributed by atoms with Crippen molar-refractivity contribution >= 4 is 27.5 Å². The summed E-state index contributed by atoms with van der Waals surface area (Å²) >= 11 is 0. The van der Waals surface area contributed by atoms with Gasteiger partial charge in [-0.3, -0.25) is 9.35 Å². The number of carboxylic acids is 1. The van der Waals surface area contributed by atoms with Gasteiger partial charge in [-0.05, 0) is 32.6 Å². The summed E-state index contributed by atoms with van der Waals surface area (Å²) in [6.45, 7) is 3.30. The molecule has 174 valence electrons. The zero-order chi connectivity index (χ0) is 23.6. The molecule has 2 N–H and O–H groups in total. The smallest absolute Gasteiger partial charge is 0.303 e. The van der Waals surface area contributed by atoms with Crippen molar-refractivity contribution in [2.24, 2.45) is 0 Å². The molecule has 0 aliphatic carbocycles. The van der Waals surface area contributed by atoms with Gasteiger partial charge in [0.25, 0.3) is 15.8 Å². The first kappa shape index (κ1) is 25.3. The molecule has 1 aromatic carbocycles. The number of carboxylic acid groups (broad SMARTS) is 1. The fourth-order valence-electron chi connectivity index (χ4n) is 4.09. The number of benzene rings is 1. The third-order valence-corrected chi connectivity index (χ3v) is 6.67. The van der Waals surface area contributed by atoms with Gasteiger partial charge in [0.1, 0.15) is 6.54 Å². The number of rotatable bonds is 11. The van der Waals surface area contributed by atoms with Crippen molar-refractivity contribution in [3.05, 3.63) is 28.8 Å². The Morgan fingerprint density at radius 1 is 0.968 bits per heavy atom. The van der Waals surface area contributed by atoms with Crippen LogP contribution in [0.3, 0.4) is 0 Å². The second-order valence-electron chi connectivity index (χ2n) is 8.00. The molecule has 2 rings (SSSR count). The van der Waals surface area contributed by atoms with Crippen LogP contribution in [-0.2, 0) is 20.3 Å². The van der Waals surface area contributed by atoms with E-state index in [-0.39, 0.29) is 43.5 Å². The van der Waals surface area contributed by atoms with Gasteiger partial charge in [-0.15, -0.1) is 0 Å². The lowest BCUT2D eigenvalue weighted by Crippen LogP contribution is -2.31. The first-order chi connectivity index (χ1) is 14.3. The summed E-state index contributed by atoms with van der Waals surface area (Å²) in [6, 6.07) is 0. The Balaban J connectivity index is 2.37. The monoisotopic (exact) mass is 468 g/mol. The van der Waals surface area contributed by atoms with Crippen LogP contribution in [0.25, 0.3) is 0 Å². The quantitative estimate of drug-likeness (QED) is 0.126. The summed E-state index contributed by atoms with van der Waals surface area (Å²) in [7, 11) is -4.18. The molecule has 0 saturated carbocycles. The third-order valence-electron chi connectivity index (χ3n) is 5.87. The highest BCUT2D eigenvalue weighted by Gasteiger charge is 2.51. The second-order valence-corrected chi connectivity index (χ2v) is 9.57. The normalized spacial score (nSPS) is 18.5. The average Bonchev–Trinajstić information content (AvgIpc) is 2.89. The maximum absolute atomic E-state index is 14.8. The minimum atomic E-state index is -4.18. The van der Waals surface area contributed by atoms with Gasteiger partial charge in [-0.25, -0.2) is 13.2 Å². The highest BCUT2D eigenvalue weighted by atomic mass is 32.2. The van der Waals surface area contributed by atoms with E-state index in [1.165, 1.54) is 4.58 Å². The number of carbonyl (C=O) groups is 1. The summed E-state index contributed by atoms with van der Waals surface area (Å²) < 4.78 is 89.6. The second kappa shape index (κ2) is 9.64. The number of hydrogen-bond donors (Lipinski definition) is 2. The molecule has 1 atom stereocenters. The molecular weight excluding hydrogens is 442 g/mol. The first-order valence-electron chi connectivity index (χ1n) is 9.96. The van der Waals surface area contributed by atoms with E-state index < -0.39 is 50.5 Å². The van der Waals surface area contributed by atoms with E-state index in [1.54, 1.807) is 13.8 Å². The largest absolute Gasteiger partial charge is 0.481 e. The lowest BCUT2D eigenvalue weighted by Gasteiger charge is -2.22. The van der Waals surface area contributed by atoms with E-state index >= 15 is 0 Å². The number of hydrogen-bond acceptors (Lipinski definition) is 3. The van der Waals surface area contributed by atoms with Crippen LogP contribution in [0, 0.1) is 23.3 Å². The topological polar surface area (TPSA) is 94.7 Å². The van der Waals surface area contributed by atoms with Crippen LogP contribution >= 0.6 is 0 Å². The lowest BCUT2D eigenvalue weighted by molar-refractivity contribution is -0.442. The molecular formula is C20H26F4NO5S+. The van der Waals surface area contributed by atoms with Crippen molar-refractivity contribution in [1.29, 1.82) is 0 Å².